The van der Waals surface area contributed by atoms with E-state index in [1.165, 1.54) is 6.07 Å². The Hall–Kier alpha value is -1.84. The number of hydrogen-bond donors (Lipinski definition) is 2. The zero-order valence-electron chi connectivity index (χ0n) is 7.71. The number of benzene rings is 1. The minimum absolute atomic E-state index is 0.278. The van der Waals surface area contributed by atoms with E-state index in [0.29, 0.717) is 17.1 Å². The highest BCUT2D eigenvalue weighted by atomic mass is 19.1. The Labute approximate surface area is 80.8 Å². The highest BCUT2D eigenvalue weighted by Gasteiger charge is 2.11. The van der Waals surface area contributed by atoms with E-state index >= 15 is 0 Å². The van der Waals surface area contributed by atoms with Gasteiger partial charge < -0.3 is 5.73 Å². The average molecular weight is 191 g/mol. The summed E-state index contributed by atoms with van der Waals surface area (Å²) in [6.07, 6.45) is 0. The lowest BCUT2D eigenvalue weighted by Crippen LogP contribution is -1.88. The molecule has 0 unspecified atom stereocenters. The van der Waals surface area contributed by atoms with Crippen LogP contribution in [0.15, 0.2) is 24.3 Å². The number of nitrogens with zero attached hydrogens (tertiary/aromatic N) is 1. The van der Waals surface area contributed by atoms with Gasteiger partial charge in [-0.05, 0) is 19.1 Å². The van der Waals surface area contributed by atoms with Crippen molar-refractivity contribution in [1.29, 1.82) is 0 Å². The van der Waals surface area contributed by atoms with Crippen molar-refractivity contribution in [3.05, 3.63) is 35.6 Å². The summed E-state index contributed by atoms with van der Waals surface area (Å²) in [5.41, 5.74) is 7.47. The highest BCUT2D eigenvalue weighted by Crippen LogP contribution is 2.25. The van der Waals surface area contributed by atoms with Crippen LogP contribution in [0, 0.1) is 12.7 Å². The maximum absolute atomic E-state index is 13.4. The van der Waals surface area contributed by atoms with E-state index in [-0.39, 0.29) is 5.82 Å². The number of aromatic amines is 1. The molecule has 3 N–H and O–H groups in total. The van der Waals surface area contributed by atoms with E-state index in [4.69, 9.17) is 5.73 Å². The summed E-state index contributed by atoms with van der Waals surface area (Å²) >= 11 is 0. The Morgan fingerprint density at radius 1 is 1.36 bits per heavy atom. The Morgan fingerprint density at radius 3 is 2.64 bits per heavy atom. The fourth-order valence-corrected chi connectivity index (χ4v) is 1.34. The molecule has 0 aliphatic carbocycles. The lowest BCUT2D eigenvalue weighted by atomic mass is 10.1. The fourth-order valence-electron chi connectivity index (χ4n) is 1.34. The lowest BCUT2D eigenvalue weighted by Gasteiger charge is -2.00. The monoisotopic (exact) mass is 191 g/mol. The molecule has 14 heavy (non-hydrogen) atoms. The molecule has 0 aliphatic rings. The van der Waals surface area contributed by atoms with Gasteiger partial charge in [0.2, 0.25) is 0 Å². The van der Waals surface area contributed by atoms with Gasteiger partial charge >= 0.3 is 0 Å². The van der Waals surface area contributed by atoms with Gasteiger partial charge in [0.25, 0.3) is 0 Å². The molecule has 2 aromatic rings. The molecule has 0 aliphatic heterocycles. The van der Waals surface area contributed by atoms with Gasteiger partial charge in [-0.2, -0.15) is 5.10 Å². The number of H-pyrrole nitrogens is 1. The molecule has 0 radical (unpaired) electrons. The first-order chi connectivity index (χ1) is 6.70. The van der Waals surface area contributed by atoms with Crippen LogP contribution in [-0.4, -0.2) is 10.2 Å². The molecular formula is C10H10FN3. The zero-order valence-corrected chi connectivity index (χ0v) is 7.71. The second-order valence-corrected chi connectivity index (χ2v) is 3.09. The first kappa shape index (κ1) is 8.74. The topological polar surface area (TPSA) is 54.7 Å². The number of anilines is 1. The summed E-state index contributed by atoms with van der Waals surface area (Å²) in [5, 5.41) is 6.54. The summed E-state index contributed by atoms with van der Waals surface area (Å²) in [4.78, 5) is 0. The van der Waals surface area contributed by atoms with E-state index < -0.39 is 0 Å². The average Bonchev–Trinajstić information content (AvgIpc) is 2.49. The summed E-state index contributed by atoms with van der Waals surface area (Å²) in [5.74, 6) is 0.127. The predicted octanol–water partition coefficient (Wildman–Crippen LogP) is 2.11. The molecule has 0 saturated heterocycles. The maximum Gasteiger partial charge on any atom is 0.148 e. The van der Waals surface area contributed by atoms with Crippen molar-refractivity contribution in [3.8, 4) is 11.3 Å². The van der Waals surface area contributed by atoms with Gasteiger partial charge in [0.1, 0.15) is 11.6 Å². The smallest absolute Gasteiger partial charge is 0.148 e. The van der Waals surface area contributed by atoms with Crippen molar-refractivity contribution in [3.63, 3.8) is 0 Å². The number of nitrogens with one attached hydrogen (secondary N) is 1. The van der Waals surface area contributed by atoms with Crippen LogP contribution in [0.4, 0.5) is 10.2 Å². The molecule has 2 rings (SSSR count). The molecular weight excluding hydrogens is 181 g/mol. The Bertz CT molecular complexity index is 462. The first-order valence-corrected chi connectivity index (χ1v) is 4.25. The van der Waals surface area contributed by atoms with Crippen LogP contribution < -0.4 is 5.73 Å². The third-order valence-electron chi connectivity index (χ3n) is 2.19. The fraction of sp³-hybridized carbons (Fsp3) is 0.100. The molecule has 1 aromatic heterocycles. The van der Waals surface area contributed by atoms with Crippen LogP contribution >= 0.6 is 0 Å². The third-order valence-corrected chi connectivity index (χ3v) is 2.19. The maximum atomic E-state index is 13.4. The van der Waals surface area contributed by atoms with Crippen molar-refractivity contribution < 1.29 is 4.39 Å². The number of rotatable bonds is 1. The summed E-state index contributed by atoms with van der Waals surface area (Å²) in [6.45, 7) is 1.81. The highest BCUT2D eigenvalue weighted by molar-refractivity contribution is 5.67. The molecule has 4 heteroatoms. The van der Waals surface area contributed by atoms with Crippen molar-refractivity contribution in [2.45, 2.75) is 6.92 Å². The van der Waals surface area contributed by atoms with E-state index in [1.807, 2.05) is 0 Å². The minimum atomic E-state index is -0.278. The van der Waals surface area contributed by atoms with Crippen LogP contribution in [0.5, 0.6) is 0 Å². The number of nitrogens with two attached hydrogens (primary N) is 1. The number of halogens is 1. The molecule has 1 heterocycles. The normalized spacial score (nSPS) is 10.4. The standard InChI is InChI=1S/C10H10FN3/c1-6-9(13-14-10(6)12)7-4-2-3-5-8(7)11/h2-5H,1H3,(H3,12,13,14). The van der Waals surface area contributed by atoms with Crippen LogP contribution in [-0.2, 0) is 0 Å². The van der Waals surface area contributed by atoms with Crippen molar-refractivity contribution in [1.82, 2.24) is 10.2 Å². The number of aromatic nitrogens is 2. The molecule has 3 nitrogen and oxygen atoms in total. The summed E-state index contributed by atoms with van der Waals surface area (Å²) in [6, 6.07) is 6.52. The van der Waals surface area contributed by atoms with Crippen molar-refractivity contribution in [2.24, 2.45) is 0 Å². The largest absolute Gasteiger partial charge is 0.382 e. The third kappa shape index (κ3) is 1.25. The second-order valence-electron chi connectivity index (χ2n) is 3.09. The lowest BCUT2D eigenvalue weighted by molar-refractivity contribution is 0.630. The van der Waals surface area contributed by atoms with Crippen LogP contribution in [0.2, 0.25) is 0 Å². The van der Waals surface area contributed by atoms with Crippen molar-refractivity contribution >= 4 is 5.82 Å². The summed E-state index contributed by atoms with van der Waals surface area (Å²) in [7, 11) is 0. The second kappa shape index (κ2) is 3.14. The van der Waals surface area contributed by atoms with E-state index in [1.54, 1.807) is 25.1 Å². The van der Waals surface area contributed by atoms with Gasteiger partial charge in [-0.1, -0.05) is 12.1 Å². The van der Waals surface area contributed by atoms with Crippen LogP contribution in [0.3, 0.4) is 0 Å². The molecule has 0 saturated carbocycles. The van der Waals surface area contributed by atoms with E-state index in [0.717, 1.165) is 5.56 Å². The Balaban J connectivity index is 2.60. The molecule has 72 valence electrons. The van der Waals surface area contributed by atoms with E-state index in [2.05, 4.69) is 10.2 Å². The Morgan fingerprint density at radius 2 is 2.07 bits per heavy atom. The molecule has 0 fully saturated rings. The van der Waals surface area contributed by atoms with Gasteiger partial charge in [-0.3, -0.25) is 5.10 Å². The van der Waals surface area contributed by atoms with Gasteiger partial charge in [0, 0.05) is 11.1 Å². The van der Waals surface area contributed by atoms with Gasteiger partial charge in [0.05, 0.1) is 5.69 Å². The van der Waals surface area contributed by atoms with Crippen LogP contribution in [0.1, 0.15) is 5.56 Å². The SMILES string of the molecule is Cc1c(N)n[nH]c1-c1ccccc1F. The van der Waals surface area contributed by atoms with Gasteiger partial charge in [0.15, 0.2) is 0 Å². The predicted molar refractivity (Wildman–Crippen MR) is 53.1 cm³/mol. The quantitative estimate of drug-likeness (QED) is 0.725. The van der Waals surface area contributed by atoms with E-state index in [9.17, 15) is 4.39 Å². The molecule has 0 spiro atoms. The zero-order chi connectivity index (χ0) is 10.1. The minimum Gasteiger partial charge on any atom is -0.382 e. The first-order valence-electron chi connectivity index (χ1n) is 4.25. The Kier molecular flexibility index (Phi) is 1.96. The molecule has 0 bridgehead atoms. The molecule has 0 atom stereocenters. The van der Waals surface area contributed by atoms with Gasteiger partial charge in [-0.15, -0.1) is 0 Å². The number of nitrogen functional groups attached to an aromatic ring is 1. The number of hydrogen-bond acceptors (Lipinski definition) is 2. The summed E-state index contributed by atoms with van der Waals surface area (Å²) < 4.78 is 13.4. The van der Waals surface area contributed by atoms with Crippen molar-refractivity contribution in [2.75, 3.05) is 5.73 Å². The molecule has 0 amide bonds. The van der Waals surface area contributed by atoms with Crippen LogP contribution in [0.25, 0.3) is 11.3 Å². The van der Waals surface area contributed by atoms with Gasteiger partial charge in [-0.25, -0.2) is 4.39 Å². The molecule has 1 aromatic carbocycles.